The molecule has 0 spiro atoms. The fraction of sp³-hybridized carbons (Fsp3) is 0.533. The van der Waals surface area contributed by atoms with Gasteiger partial charge in [-0.3, -0.25) is 9.59 Å². The molecular formula is C15H21N3O6. The first-order valence-electron chi connectivity index (χ1n) is 7.34. The van der Waals surface area contributed by atoms with E-state index in [1.165, 1.54) is 13.3 Å². The molecule has 0 aliphatic carbocycles. The Kier molecular flexibility index (Phi) is 7.76. The van der Waals surface area contributed by atoms with Gasteiger partial charge in [-0.05, 0) is 20.3 Å². The average molecular weight is 339 g/mol. The van der Waals surface area contributed by atoms with Crippen LogP contribution in [0.15, 0.2) is 17.0 Å². The van der Waals surface area contributed by atoms with Crippen molar-refractivity contribution in [2.24, 2.45) is 0 Å². The Bertz CT molecular complexity index is 570. The standard InChI is InChI=1S/C15H21N3O6/c1-9(2)24-15(21)11(5-4-10(19)6-16)18-14(20)13(22-3)12-7-17-8-23-12/h6-9,11,13,16H,4-5H2,1-3H3,(H,18,20)/t11-,13+/m0/s1. The number of nitrogens with zero attached hydrogens (tertiary/aromatic N) is 1. The smallest absolute Gasteiger partial charge is 0.328 e. The van der Waals surface area contributed by atoms with Crippen LogP contribution in [0.4, 0.5) is 0 Å². The minimum atomic E-state index is -1.08. The van der Waals surface area contributed by atoms with E-state index in [0.717, 1.165) is 6.39 Å². The lowest BCUT2D eigenvalue weighted by Crippen LogP contribution is -2.45. The van der Waals surface area contributed by atoms with Gasteiger partial charge in [0.25, 0.3) is 5.91 Å². The summed E-state index contributed by atoms with van der Waals surface area (Å²) in [6, 6.07) is -1.04. The fourth-order valence-electron chi connectivity index (χ4n) is 1.88. The number of ether oxygens (including phenoxy) is 2. The molecule has 1 amide bonds. The van der Waals surface area contributed by atoms with Crippen molar-refractivity contribution >= 4 is 23.9 Å². The van der Waals surface area contributed by atoms with Crippen molar-refractivity contribution in [3.8, 4) is 0 Å². The molecule has 0 saturated heterocycles. The Morgan fingerprint density at radius 2 is 2.12 bits per heavy atom. The summed E-state index contributed by atoms with van der Waals surface area (Å²) in [4.78, 5) is 39.4. The summed E-state index contributed by atoms with van der Waals surface area (Å²) < 4.78 is 15.2. The van der Waals surface area contributed by atoms with E-state index in [1.807, 2.05) is 0 Å². The van der Waals surface area contributed by atoms with Crippen molar-refractivity contribution in [3.63, 3.8) is 0 Å². The van der Waals surface area contributed by atoms with Gasteiger partial charge in [0.05, 0.1) is 18.5 Å². The molecule has 0 radical (unpaired) electrons. The predicted molar refractivity (Wildman–Crippen MR) is 82.4 cm³/mol. The first kappa shape index (κ1) is 19.5. The maximum atomic E-state index is 12.3. The van der Waals surface area contributed by atoms with Crippen LogP contribution in [-0.4, -0.2) is 48.1 Å². The number of carbonyl (C=O) groups excluding carboxylic acids is 3. The molecule has 0 bridgehead atoms. The van der Waals surface area contributed by atoms with Crippen molar-refractivity contribution in [3.05, 3.63) is 18.4 Å². The largest absolute Gasteiger partial charge is 0.461 e. The third-order valence-corrected chi connectivity index (χ3v) is 2.98. The first-order chi connectivity index (χ1) is 11.4. The zero-order valence-electron chi connectivity index (χ0n) is 13.8. The maximum Gasteiger partial charge on any atom is 0.328 e. The Balaban J connectivity index is 2.81. The second-order valence-electron chi connectivity index (χ2n) is 5.22. The monoisotopic (exact) mass is 339 g/mol. The molecule has 1 heterocycles. The molecule has 9 heteroatoms. The third-order valence-electron chi connectivity index (χ3n) is 2.98. The summed E-state index contributed by atoms with van der Waals surface area (Å²) in [5.41, 5.74) is 0. The van der Waals surface area contributed by atoms with Crippen molar-refractivity contribution in [1.82, 2.24) is 10.3 Å². The topological polar surface area (TPSA) is 132 Å². The van der Waals surface area contributed by atoms with Gasteiger partial charge < -0.3 is 24.6 Å². The molecule has 0 fully saturated rings. The van der Waals surface area contributed by atoms with Gasteiger partial charge in [0.1, 0.15) is 6.04 Å². The number of hydrogen-bond acceptors (Lipinski definition) is 8. The minimum absolute atomic E-state index is 0.0122. The van der Waals surface area contributed by atoms with Crippen LogP contribution in [0, 0.1) is 5.41 Å². The van der Waals surface area contributed by atoms with Gasteiger partial charge in [-0.25, -0.2) is 9.78 Å². The molecule has 1 aromatic rings. The van der Waals surface area contributed by atoms with E-state index in [2.05, 4.69) is 10.3 Å². The van der Waals surface area contributed by atoms with E-state index in [-0.39, 0.29) is 24.7 Å². The van der Waals surface area contributed by atoms with Crippen molar-refractivity contribution < 1.29 is 28.3 Å². The van der Waals surface area contributed by atoms with E-state index < -0.39 is 29.8 Å². The highest BCUT2D eigenvalue weighted by atomic mass is 16.5. The number of aromatic nitrogens is 1. The van der Waals surface area contributed by atoms with Gasteiger partial charge in [0.15, 0.2) is 24.0 Å². The molecule has 0 aliphatic rings. The summed E-state index contributed by atoms with van der Waals surface area (Å²) in [5.74, 6) is -1.56. The molecule has 0 aromatic carbocycles. The lowest BCUT2D eigenvalue weighted by atomic mass is 10.1. The quantitative estimate of drug-likeness (QED) is 0.476. The van der Waals surface area contributed by atoms with Gasteiger partial charge in [0, 0.05) is 13.5 Å². The number of rotatable bonds is 10. The molecule has 24 heavy (non-hydrogen) atoms. The zero-order valence-corrected chi connectivity index (χ0v) is 13.8. The van der Waals surface area contributed by atoms with E-state index in [0.29, 0.717) is 6.21 Å². The van der Waals surface area contributed by atoms with Crippen LogP contribution in [0.3, 0.4) is 0 Å². The molecular weight excluding hydrogens is 318 g/mol. The Hall–Kier alpha value is -2.55. The highest BCUT2D eigenvalue weighted by molar-refractivity contribution is 6.26. The summed E-state index contributed by atoms with van der Waals surface area (Å²) in [6.45, 7) is 3.35. The van der Waals surface area contributed by atoms with Crippen LogP contribution in [0.2, 0.25) is 0 Å². The van der Waals surface area contributed by atoms with Crippen LogP contribution < -0.4 is 5.32 Å². The van der Waals surface area contributed by atoms with Gasteiger partial charge in [-0.15, -0.1) is 0 Å². The zero-order chi connectivity index (χ0) is 18.1. The number of methoxy groups -OCH3 is 1. The molecule has 1 aromatic heterocycles. The minimum Gasteiger partial charge on any atom is -0.461 e. The number of oxazole rings is 1. The number of hydrogen-bond donors (Lipinski definition) is 2. The molecule has 2 N–H and O–H groups in total. The summed E-state index contributed by atoms with van der Waals surface area (Å²) in [5, 5.41) is 9.38. The van der Waals surface area contributed by atoms with E-state index in [1.54, 1.807) is 13.8 Å². The van der Waals surface area contributed by atoms with Gasteiger partial charge in [-0.2, -0.15) is 0 Å². The number of amides is 1. The lowest BCUT2D eigenvalue weighted by Gasteiger charge is -2.21. The highest BCUT2D eigenvalue weighted by Crippen LogP contribution is 2.16. The normalized spacial score (nSPS) is 13.2. The number of esters is 1. The predicted octanol–water partition coefficient (Wildman–Crippen LogP) is 0.797. The van der Waals surface area contributed by atoms with Gasteiger partial charge in [0.2, 0.25) is 0 Å². The molecule has 9 nitrogen and oxygen atoms in total. The SMILES string of the molecule is CO[C@@H](C(=O)N[C@@H](CCC(=O)C=N)C(=O)OC(C)C)c1cnco1. The Morgan fingerprint density at radius 1 is 1.42 bits per heavy atom. The van der Waals surface area contributed by atoms with Crippen molar-refractivity contribution in [2.45, 2.75) is 44.9 Å². The van der Waals surface area contributed by atoms with Crippen molar-refractivity contribution in [1.29, 1.82) is 5.41 Å². The molecule has 0 saturated carbocycles. The Labute approximate surface area is 139 Å². The number of Topliss-reactive ketones (excluding diaryl/α,β-unsaturated/α-hetero) is 1. The maximum absolute atomic E-state index is 12.3. The molecule has 132 valence electrons. The molecule has 0 aliphatic heterocycles. The van der Waals surface area contributed by atoms with Crippen LogP contribution in [0.25, 0.3) is 0 Å². The third kappa shape index (κ3) is 5.92. The summed E-state index contributed by atoms with van der Waals surface area (Å²) >= 11 is 0. The van der Waals surface area contributed by atoms with Crippen LogP contribution >= 0.6 is 0 Å². The number of ketones is 1. The van der Waals surface area contributed by atoms with Crippen LogP contribution in [0.1, 0.15) is 38.6 Å². The lowest BCUT2D eigenvalue weighted by molar-refractivity contribution is -0.153. The highest BCUT2D eigenvalue weighted by Gasteiger charge is 2.29. The van der Waals surface area contributed by atoms with E-state index in [9.17, 15) is 14.4 Å². The first-order valence-corrected chi connectivity index (χ1v) is 7.34. The summed E-state index contributed by atoms with van der Waals surface area (Å²) in [7, 11) is 1.31. The number of carbonyl (C=O) groups is 3. The molecule has 1 rings (SSSR count). The van der Waals surface area contributed by atoms with Crippen LogP contribution in [-0.2, 0) is 23.9 Å². The molecule has 2 atom stereocenters. The van der Waals surface area contributed by atoms with Gasteiger partial charge >= 0.3 is 5.97 Å². The van der Waals surface area contributed by atoms with Crippen LogP contribution in [0.5, 0.6) is 0 Å². The van der Waals surface area contributed by atoms with Gasteiger partial charge in [-0.1, -0.05) is 0 Å². The second kappa shape index (κ2) is 9.56. The fourth-order valence-corrected chi connectivity index (χ4v) is 1.88. The van der Waals surface area contributed by atoms with Crippen molar-refractivity contribution in [2.75, 3.05) is 7.11 Å². The number of nitrogens with one attached hydrogen (secondary N) is 2. The van der Waals surface area contributed by atoms with E-state index >= 15 is 0 Å². The molecule has 0 unspecified atom stereocenters. The summed E-state index contributed by atoms with van der Waals surface area (Å²) in [6.07, 6.45) is 1.64. The average Bonchev–Trinajstić information content (AvgIpc) is 3.05. The Morgan fingerprint density at radius 3 is 2.62 bits per heavy atom. The second-order valence-corrected chi connectivity index (χ2v) is 5.22. The van der Waals surface area contributed by atoms with E-state index in [4.69, 9.17) is 19.3 Å².